The van der Waals surface area contributed by atoms with E-state index < -0.39 is 0 Å². The molecule has 0 saturated heterocycles. The van der Waals surface area contributed by atoms with Crippen LogP contribution in [0.3, 0.4) is 0 Å². The zero-order valence-corrected chi connectivity index (χ0v) is 11.6. The number of rotatable bonds is 4. The van der Waals surface area contributed by atoms with Crippen LogP contribution < -0.4 is 5.32 Å². The van der Waals surface area contributed by atoms with Crippen molar-refractivity contribution in [3.63, 3.8) is 0 Å². The van der Waals surface area contributed by atoms with E-state index in [1.54, 1.807) is 0 Å². The van der Waals surface area contributed by atoms with Gasteiger partial charge in [0.05, 0.1) is 0 Å². The first-order valence-corrected chi connectivity index (χ1v) is 6.24. The molecule has 0 heterocycles. The normalized spacial score (nSPS) is 11.6. The molecule has 0 spiro atoms. The van der Waals surface area contributed by atoms with Gasteiger partial charge in [0.15, 0.2) is 0 Å². The molecule has 0 aliphatic carbocycles. The summed E-state index contributed by atoms with van der Waals surface area (Å²) >= 11 is 5.98. The van der Waals surface area contributed by atoms with E-state index in [9.17, 15) is 4.79 Å². The van der Waals surface area contributed by atoms with Crippen molar-refractivity contribution in [1.82, 2.24) is 5.32 Å². The smallest absolute Gasteiger partial charge is 0.222 e. The molecule has 1 N–H and O–H groups in total. The third-order valence-corrected chi connectivity index (χ3v) is 3.07. The fraction of sp³-hybridized carbons (Fsp3) is 0.500. The van der Waals surface area contributed by atoms with Crippen LogP contribution >= 0.6 is 11.6 Å². The van der Waals surface area contributed by atoms with Gasteiger partial charge in [-0.05, 0) is 17.7 Å². The van der Waals surface area contributed by atoms with Crippen LogP contribution in [0, 0.1) is 5.92 Å². The Hall–Kier alpha value is -1.02. The summed E-state index contributed by atoms with van der Waals surface area (Å²) in [5.74, 6) is 0.102. The Labute approximate surface area is 108 Å². The minimum atomic E-state index is -0.116. The molecule has 0 fully saturated rings. The molecule has 2 nitrogen and oxygen atoms in total. The molecule has 0 radical (unpaired) electrons. The van der Waals surface area contributed by atoms with Crippen LogP contribution in [0.15, 0.2) is 24.3 Å². The molecule has 1 rings (SSSR count). The fourth-order valence-electron chi connectivity index (χ4n) is 1.52. The predicted octanol–water partition coefficient (Wildman–Crippen LogP) is 3.39. The standard InChI is InChI=1S/C14H20ClNO/c1-10(2)13(17)16-9-14(3,4)11-6-5-7-12(15)8-11/h5-8,10H,9H2,1-4H3,(H,16,17). The van der Waals surface area contributed by atoms with Crippen LogP contribution in [0.4, 0.5) is 0 Å². The molecule has 0 bridgehead atoms. The molecule has 94 valence electrons. The number of carbonyl (C=O) groups excluding carboxylic acids is 1. The van der Waals surface area contributed by atoms with Gasteiger partial charge in [-0.25, -0.2) is 0 Å². The summed E-state index contributed by atoms with van der Waals surface area (Å²) in [4.78, 5) is 11.6. The molecule has 17 heavy (non-hydrogen) atoms. The highest BCUT2D eigenvalue weighted by Gasteiger charge is 2.22. The first kappa shape index (κ1) is 14.0. The van der Waals surface area contributed by atoms with Gasteiger partial charge >= 0.3 is 0 Å². The van der Waals surface area contributed by atoms with Crippen LogP contribution in [0.5, 0.6) is 0 Å². The van der Waals surface area contributed by atoms with Crippen molar-refractivity contribution < 1.29 is 4.79 Å². The van der Waals surface area contributed by atoms with Crippen molar-refractivity contribution in [1.29, 1.82) is 0 Å². The lowest BCUT2D eigenvalue weighted by molar-refractivity contribution is -0.124. The zero-order valence-electron chi connectivity index (χ0n) is 10.9. The van der Waals surface area contributed by atoms with E-state index in [0.29, 0.717) is 6.54 Å². The molecule has 1 aromatic carbocycles. The molecular weight excluding hydrogens is 234 g/mol. The van der Waals surface area contributed by atoms with Gasteiger partial charge in [0.1, 0.15) is 0 Å². The highest BCUT2D eigenvalue weighted by atomic mass is 35.5. The lowest BCUT2D eigenvalue weighted by Gasteiger charge is -2.26. The summed E-state index contributed by atoms with van der Waals surface area (Å²) in [6.45, 7) is 8.59. The average Bonchev–Trinajstić information content (AvgIpc) is 2.26. The Morgan fingerprint density at radius 2 is 2.06 bits per heavy atom. The van der Waals surface area contributed by atoms with Crippen LogP contribution in [-0.2, 0) is 10.2 Å². The fourth-order valence-corrected chi connectivity index (χ4v) is 1.71. The van der Waals surface area contributed by atoms with Gasteiger partial charge in [0, 0.05) is 22.9 Å². The van der Waals surface area contributed by atoms with Crippen LogP contribution in [-0.4, -0.2) is 12.5 Å². The van der Waals surface area contributed by atoms with E-state index in [2.05, 4.69) is 19.2 Å². The van der Waals surface area contributed by atoms with Crippen molar-refractivity contribution in [3.8, 4) is 0 Å². The van der Waals surface area contributed by atoms with E-state index in [0.717, 1.165) is 10.6 Å². The van der Waals surface area contributed by atoms with Gasteiger partial charge in [0.25, 0.3) is 0 Å². The molecule has 0 saturated carbocycles. The Morgan fingerprint density at radius 1 is 1.41 bits per heavy atom. The molecule has 0 aliphatic rings. The monoisotopic (exact) mass is 253 g/mol. The number of benzene rings is 1. The second kappa shape index (κ2) is 5.54. The van der Waals surface area contributed by atoms with Gasteiger partial charge in [-0.15, -0.1) is 0 Å². The topological polar surface area (TPSA) is 29.1 Å². The lowest BCUT2D eigenvalue weighted by Crippen LogP contribution is -2.38. The van der Waals surface area contributed by atoms with E-state index in [4.69, 9.17) is 11.6 Å². The molecule has 1 aromatic rings. The van der Waals surface area contributed by atoms with Crippen molar-refractivity contribution in [2.24, 2.45) is 5.92 Å². The number of nitrogens with one attached hydrogen (secondary N) is 1. The van der Waals surface area contributed by atoms with Crippen LogP contribution in [0.25, 0.3) is 0 Å². The highest BCUT2D eigenvalue weighted by molar-refractivity contribution is 6.30. The summed E-state index contributed by atoms with van der Waals surface area (Å²) in [6.07, 6.45) is 0. The molecule has 0 aromatic heterocycles. The Bertz CT molecular complexity index is 399. The zero-order chi connectivity index (χ0) is 13.1. The number of hydrogen-bond acceptors (Lipinski definition) is 1. The van der Waals surface area contributed by atoms with Crippen molar-refractivity contribution in [3.05, 3.63) is 34.9 Å². The molecule has 1 amide bonds. The second-order valence-electron chi connectivity index (χ2n) is 5.27. The van der Waals surface area contributed by atoms with Crippen LogP contribution in [0.1, 0.15) is 33.3 Å². The second-order valence-corrected chi connectivity index (χ2v) is 5.70. The Kier molecular flexibility index (Phi) is 4.58. The molecule has 3 heteroatoms. The quantitative estimate of drug-likeness (QED) is 0.876. The predicted molar refractivity (Wildman–Crippen MR) is 72.3 cm³/mol. The van der Waals surface area contributed by atoms with Crippen molar-refractivity contribution in [2.45, 2.75) is 33.1 Å². The summed E-state index contributed by atoms with van der Waals surface area (Å²) in [7, 11) is 0. The Balaban J connectivity index is 2.72. The van der Waals surface area contributed by atoms with Crippen molar-refractivity contribution in [2.75, 3.05) is 6.54 Å². The first-order chi connectivity index (χ1) is 7.83. The van der Waals surface area contributed by atoms with E-state index >= 15 is 0 Å². The maximum atomic E-state index is 11.6. The number of amides is 1. The van der Waals surface area contributed by atoms with E-state index in [1.165, 1.54) is 0 Å². The largest absolute Gasteiger partial charge is 0.355 e. The average molecular weight is 254 g/mol. The number of hydrogen-bond donors (Lipinski definition) is 1. The third kappa shape index (κ3) is 4.04. The van der Waals surface area contributed by atoms with E-state index in [-0.39, 0.29) is 17.2 Å². The molecule has 0 unspecified atom stereocenters. The third-order valence-electron chi connectivity index (χ3n) is 2.84. The minimum Gasteiger partial charge on any atom is -0.355 e. The minimum absolute atomic E-state index is 0.0187. The van der Waals surface area contributed by atoms with Gasteiger partial charge in [-0.2, -0.15) is 0 Å². The summed E-state index contributed by atoms with van der Waals surface area (Å²) < 4.78 is 0. The van der Waals surface area contributed by atoms with Gasteiger partial charge in [-0.3, -0.25) is 4.79 Å². The number of halogens is 1. The molecule has 0 aliphatic heterocycles. The summed E-state index contributed by atoms with van der Waals surface area (Å²) in [5.41, 5.74) is 1.02. The number of carbonyl (C=O) groups is 1. The van der Waals surface area contributed by atoms with Crippen molar-refractivity contribution >= 4 is 17.5 Å². The first-order valence-electron chi connectivity index (χ1n) is 5.86. The maximum absolute atomic E-state index is 11.6. The van der Waals surface area contributed by atoms with Gasteiger partial charge in [-0.1, -0.05) is 51.4 Å². The molecule has 0 atom stereocenters. The lowest BCUT2D eigenvalue weighted by atomic mass is 9.84. The molecular formula is C14H20ClNO. The Morgan fingerprint density at radius 3 is 2.59 bits per heavy atom. The summed E-state index contributed by atoms with van der Waals surface area (Å²) in [5, 5.41) is 3.69. The van der Waals surface area contributed by atoms with Gasteiger partial charge in [0.2, 0.25) is 5.91 Å². The van der Waals surface area contributed by atoms with Crippen LogP contribution in [0.2, 0.25) is 5.02 Å². The SMILES string of the molecule is CC(C)C(=O)NCC(C)(C)c1cccc(Cl)c1. The maximum Gasteiger partial charge on any atom is 0.222 e. The summed E-state index contributed by atoms with van der Waals surface area (Å²) in [6, 6.07) is 7.77. The van der Waals surface area contributed by atoms with E-state index in [1.807, 2.05) is 38.1 Å². The van der Waals surface area contributed by atoms with Gasteiger partial charge < -0.3 is 5.32 Å². The highest BCUT2D eigenvalue weighted by Crippen LogP contribution is 2.24.